The van der Waals surface area contributed by atoms with E-state index < -0.39 is 0 Å². The molecule has 2 nitrogen and oxygen atoms in total. The van der Waals surface area contributed by atoms with Crippen LogP contribution < -0.4 is 4.74 Å². The van der Waals surface area contributed by atoms with Crippen molar-refractivity contribution < 1.29 is 4.74 Å². The van der Waals surface area contributed by atoms with Crippen LogP contribution in [0.5, 0.6) is 5.88 Å². The van der Waals surface area contributed by atoms with Crippen molar-refractivity contribution in [3.05, 3.63) is 44.7 Å². The van der Waals surface area contributed by atoms with Crippen LogP contribution in [0.15, 0.2) is 34.2 Å². The van der Waals surface area contributed by atoms with Gasteiger partial charge in [0.15, 0.2) is 0 Å². The van der Waals surface area contributed by atoms with Crippen molar-refractivity contribution in [1.82, 2.24) is 4.98 Å². The highest BCUT2D eigenvalue weighted by Gasteiger charge is 2.02. The molecule has 0 saturated carbocycles. The number of ether oxygens (including phenoxy) is 1. The zero-order chi connectivity index (χ0) is 10.7. The summed E-state index contributed by atoms with van der Waals surface area (Å²) in [6, 6.07) is 6.07. The quantitative estimate of drug-likeness (QED) is 0.855. The molecule has 4 heteroatoms. The summed E-state index contributed by atoms with van der Waals surface area (Å²) in [4.78, 5) is 5.42. The molecule has 2 aromatic heterocycles. The Morgan fingerprint density at radius 1 is 1.53 bits per heavy atom. The summed E-state index contributed by atoms with van der Waals surface area (Å²) < 4.78 is 6.59. The molecular formula is C11H10BrNOS. The summed E-state index contributed by atoms with van der Waals surface area (Å²) in [6.07, 6.45) is 1.75. The average Bonchev–Trinajstić information content (AvgIpc) is 2.69. The predicted octanol–water partition coefficient (Wildman–Crippen LogP) is 3.79. The number of aromatic nitrogens is 1. The van der Waals surface area contributed by atoms with Gasteiger partial charge in [0.25, 0.3) is 0 Å². The number of nitrogens with zero attached hydrogens (tertiary/aromatic N) is 1. The first-order valence-electron chi connectivity index (χ1n) is 4.53. The van der Waals surface area contributed by atoms with Gasteiger partial charge in [-0.1, -0.05) is 6.07 Å². The lowest BCUT2D eigenvalue weighted by atomic mass is 10.3. The zero-order valence-electron chi connectivity index (χ0n) is 8.24. The van der Waals surface area contributed by atoms with Gasteiger partial charge in [0.1, 0.15) is 6.61 Å². The van der Waals surface area contributed by atoms with Gasteiger partial charge >= 0.3 is 0 Å². The van der Waals surface area contributed by atoms with Crippen molar-refractivity contribution in [2.24, 2.45) is 0 Å². The van der Waals surface area contributed by atoms with E-state index in [2.05, 4.69) is 27.0 Å². The number of hydrogen-bond acceptors (Lipinski definition) is 3. The maximum absolute atomic E-state index is 5.61. The molecule has 2 aromatic rings. The molecule has 0 amide bonds. The summed E-state index contributed by atoms with van der Waals surface area (Å²) in [5.41, 5.74) is 1.04. The Bertz CT molecular complexity index is 442. The van der Waals surface area contributed by atoms with Crippen LogP contribution in [-0.2, 0) is 6.61 Å². The Hall–Kier alpha value is -0.870. The molecule has 0 atom stereocenters. The lowest BCUT2D eigenvalue weighted by Crippen LogP contribution is -1.97. The molecule has 0 aliphatic heterocycles. The van der Waals surface area contributed by atoms with Gasteiger partial charge in [-0.15, -0.1) is 11.3 Å². The highest BCUT2D eigenvalue weighted by atomic mass is 79.9. The maximum atomic E-state index is 5.61. The van der Waals surface area contributed by atoms with E-state index in [0.29, 0.717) is 12.5 Å². The fourth-order valence-corrected chi connectivity index (χ4v) is 2.28. The SMILES string of the molecule is Cc1cc(Br)cnc1OCc1cccs1. The Balaban J connectivity index is 2.05. The molecule has 0 N–H and O–H groups in total. The van der Waals surface area contributed by atoms with Crippen LogP contribution in [0.2, 0.25) is 0 Å². The number of rotatable bonds is 3. The van der Waals surface area contributed by atoms with Crippen molar-refractivity contribution in [2.45, 2.75) is 13.5 Å². The molecular weight excluding hydrogens is 274 g/mol. The van der Waals surface area contributed by atoms with Crippen LogP contribution in [-0.4, -0.2) is 4.98 Å². The number of halogens is 1. The first kappa shape index (κ1) is 10.6. The van der Waals surface area contributed by atoms with Gasteiger partial charge in [0, 0.05) is 21.1 Å². The predicted molar refractivity (Wildman–Crippen MR) is 65.3 cm³/mol. The molecule has 0 aromatic carbocycles. The van der Waals surface area contributed by atoms with Crippen molar-refractivity contribution >= 4 is 27.3 Å². The Kier molecular flexibility index (Phi) is 3.38. The highest BCUT2D eigenvalue weighted by molar-refractivity contribution is 9.10. The number of hydrogen-bond donors (Lipinski definition) is 0. The molecule has 0 saturated heterocycles. The van der Waals surface area contributed by atoms with Gasteiger partial charge in [-0.2, -0.15) is 0 Å². The molecule has 0 radical (unpaired) electrons. The van der Waals surface area contributed by atoms with Crippen LogP contribution in [0.3, 0.4) is 0 Å². The second kappa shape index (κ2) is 4.77. The maximum Gasteiger partial charge on any atom is 0.216 e. The van der Waals surface area contributed by atoms with Crippen LogP contribution in [0.4, 0.5) is 0 Å². The largest absolute Gasteiger partial charge is 0.472 e. The summed E-state index contributed by atoms with van der Waals surface area (Å²) in [5.74, 6) is 0.701. The molecule has 78 valence electrons. The molecule has 2 rings (SSSR count). The molecule has 0 bridgehead atoms. The fraction of sp³-hybridized carbons (Fsp3) is 0.182. The van der Waals surface area contributed by atoms with E-state index in [0.717, 1.165) is 10.0 Å². The molecule has 0 aliphatic carbocycles. The standard InChI is InChI=1S/C11H10BrNOS/c1-8-5-9(12)6-13-11(8)14-7-10-3-2-4-15-10/h2-6H,7H2,1H3. The van der Waals surface area contributed by atoms with Crippen molar-refractivity contribution in [2.75, 3.05) is 0 Å². The van der Waals surface area contributed by atoms with E-state index in [1.807, 2.05) is 24.4 Å². The van der Waals surface area contributed by atoms with Gasteiger partial charge in [0.05, 0.1) is 0 Å². The second-order valence-electron chi connectivity index (χ2n) is 3.14. The minimum atomic E-state index is 0.590. The van der Waals surface area contributed by atoms with Gasteiger partial charge in [-0.25, -0.2) is 4.98 Å². The van der Waals surface area contributed by atoms with Gasteiger partial charge in [0.2, 0.25) is 5.88 Å². The molecule has 2 heterocycles. The highest BCUT2D eigenvalue weighted by Crippen LogP contribution is 2.20. The first-order valence-corrected chi connectivity index (χ1v) is 6.20. The van der Waals surface area contributed by atoms with E-state index >= 15 is 0 Å². The third-order valence-electron chi connectivity index (χ3n) is 1.93. The van der Waals surface area contributed by atoms with Gasteiger partial charge in [-0.05, 0) is 40.4 Å². The average molecular weight is 284 g/mol. The summed E-state index contributed by atoms with van der Waals surface area (Å²) in [5, 5.41) is 2.04. The summed E-state index contributed by atoms with van der Waals surface area (Å²) in [7, 11) is 0. The van der Waals surface area contributed by atoms with E-state index in [9.17, 15) is 0 Å². The van der Waals surface area contributed by atoms with Crippen LogP contribution in [0.1, 0.15) is 10.4 Å². The number of thiophene rings is 1. The van der Waals surface area contributed by atoms with Crippen LogP contribution in [0, 0.1) is 6.92 Å². The number of aryl methyl sites for hydroxylation is 1. The molecule has 0 aliphatic rings. The summed E-state index contributed by atoms with van der Waals surface area (Å²) >= 11 is 5.06. The third kappa shape index (κ3) is 2.79. The third-order valence-corrected chi connectivity index (χ3v) is 3.21. The molecule has 15 heavy (non-hydrogen) atoms. The minimum Gasteiger partial charge on any atom is -0.472 e. The zero-order valence-corrected chi connectivity index (χ0v) is 10.6. The molecule has 0 spiro atoms. The summed E-state index contributed by atoms with van der Waals surface area (Å²) in [6.45, 7) is 2.58. The van der Waals surface area contributed by atoms with Crippen molar-refractivity contribution in [3.63, 3.8) is 0 Å². The lowest BCUT2D eigenvalue weighted by molar-refractivity contribution is 0.295. The molecule has 0 fully saturated rings. The Labute approximate surface area is 101 Å². The smallest absolute Gasteiger partial charge is 0.216 e. The minimum absolute atomic E-state index is 0.590. The van der Waals surface area contributed by atoms with E-state index in [1.165, 1.54) is 4.88 Å². The van der Waals surface area contributed by atoms with Gasteiger partial charge < -0.3 is 4.74 Å². The van der Waals surface area contributed by atoms with E-state index in [-0.39, 0.29) is 0 Å². The van der Waals surface area contributed by atoms with Crippen molar-refractivity contribution in [3.8, 4) is 5.88 Å². The Morgan fingerprint density at radius 3 is 3.07 bits per heavy atom. The monoisotopic (exact) mass is 283 g/mol. The van der Waals surface area contributed by atoms with Crippen molar-refractivity contribution in [1.29, 1.82) is 0 Å². The fourth-order valence-electron chi connectivity index (χ4n) is 1.21. The first-order chi connectivity index (χ1) is 7.25. The van der Waals surface area contributed by atoms with Crippen LogP contribution in [0.25, 0.3) is 0 Å². The second-order valence-corrected chi connectivity index (χ2v) is 5.09. The van der Waals surface area contributed by atoms with E-state index in [1.54, 1.807) is 17.5 Å². The van der Waals surface area contributed by atoms with Crippen LogP contribution >= 0.6 is 27.3 Å². The lowest BCUT2D eigenvalue weighted by Gasteiger charge is -2.06. The normalized spacial score (nSPS) is 10.3. The Morgan fingerprint density at radius 2 is 2.40 bits per heavy atom. The molecule has 0 unspecified atom stereocenters. The van der Waals surface area contributed by atoms with Gasteiger partial charge in [-0.3, -0.25) is 0 Å². The topological polar surface area (TPSA) is 22.1 Å². The number of pyridine rings is 1. The van der Waals surface area contributed by atoms with E-state index in [4.69, 9.17) is 4.74 Å².